The van der Waals surface area contributed by atoms with Gasteiger partial charge in [0.25, 0.3) is 0 Å². The van der Waals surface area contributed by atoms with Crippen LogP contribution in [0.15, 0.2) is 42.9 Å². The number of amides is 2. The number of nitrogen functional groups attached to an aromatic ring is 1. The lowest BCUT2D eigenvalue weighted by Crippen LogP contribution is -2.44. The van der Waals surface area contributed by atoms with Gasteiger partial charge in [0.1, 0.15) is 36.1 Å². The van der Waals surface area contributed by atoms with Gasteiger partial charge in [0.2, 0.25) is 0 Å². The SMILES string of the molecule is CC(C)N(CCCNC(=O)Nc1ccc(C(C)(C)C)cc1)C[C@H]1O[C@@H](n2ccc3c(N)ncnc32)[C@@H](O)C1O. The summed E-state index contributed by atoms with van der Waals surface area (Å²) in [6.07, 6.45) is 0.210. The Labute approximate surface area is 229 Å². The van der Waals surface area contributed by atoms with Gasteiger partial charge >= 0.3 is 6.03 Å². The van der Waals surface area contributed by atoms with Gasteiger partial charge in [-0.3, -0.25) is 4.90 Å². The van der Waals surface area contributed by atoms with Crippen molar-refractivity contribution >= 4 is 28.6 Å². The number of rotatable bonds is 9. The van der Waals surface area contributed by atoms with Crippen LogP contribution in [0.2, 0.25) is 0 Å². The number of anilines is 2. The predicted octanol–water partition coefficient (Wildman–Crippen LogP) is 2.85. The van der Waals surface area contributed by atoms with Crippen LogP contribution in [0.4, 0.5) is 16.3 Å². The van der Waals surface area contributed by atoms with E-state index in [0.29, 0.717) is 42.9 Å². The van der Waals surface area contributed by atoms with Crippen LogP contribution in [0.3, 0.4) is 0 Å². The fourth-order valence-electron chi connectivity index (χ4n) is 4.81. The first kappa shape index (κ1) is 28.8. The fourth-order valence-corrected chi connectivity index (χ4v) is 4.81. The lowest BCUT2D eigenvalue weighted by Gasteiger charge is -2.30. The van der Waals surface area contributed by atoms with E-state index in [1.807, 2.05) is 24.3 Å². The molecule has 1 fully saturated rings. The van der Waals surface area contributed by atoms with E-state index in [-0.39, 0.29) is 17.5 Å². The highest BCUT2D eigenvalue weighted by Crippen LogP contribution is 2.33. The molecule has 0 spiro atoms. The summed E-state index contributed by atoms with van der Waals surface area (Å²) in [6.45, 7) is 12.2. The van der Waals surface area contributed by atoms with Crippen molar-refractivity contribution in [3.05, 3.63) is 48.4 Å². The van der Waals surface area contributed by atoms with Gasteiger partial charge in [0.05, 0.1) is 5.39 Å². The third-order valence-corrected chi connectivity index (χ3v) is 7.21. The van der Waals surface area contributed by atoms with Crippen LogP contribution in [0.5, 0.6) is 0 Å². The number of carbonyl (C=O) groups excluding carboxylic acids is 1. The molecule has 1 aromatic carbocycles. The second kappa shape index (κ2) is 11.9. The largest absolute Gasteiger partial charge is 0.387 e. The molecule has 4 rings (SSSR count). The Morgan fingerprint density at radius 3 is 2.54 bits per heavy atom. The summed E-state index contributed by atoms with van der Waals surface area (Å²) in [5.74, 6) is 0.343. The number of hydrogen-bond acceptors (Lipinski definition) is 8. The van der Waals surface area contributed by atoms with Crippen LogP contribution in [0.25, 0.3) is 11.0 Å². The number of aliphatic hydroxyl groups excluding tert-OH is 2. The third kappa shape index (κ3) is 6.67. The third-order valence-electron chi connectivity index (χ3n) is 7.21. The van der Waals surface area contributed by atoms with Crippen molar-refractivity contribution in [2.75, 3.05) is 30.7 Å². The molecule has 2 amide bonds. The Kier molecular flexibility index (Phi) is 8.75. The zero-order chi connectivity index (χ0) is 28.3. The topological polar surface area (TPSA) is 151 Å². The monoisotopic (exact) mass is 539 g/mol. The number of urea groups is 1. The second-order valence-electron chi connectivity index (χ2n) is 11.4. The van der Waals surface area contributed by atoms with E-state index >= 15 is 0 Å². The first-order chi connectivity index (χ1) is 18.5. The Morgan fingerprint density at radius 1 is 1.15 bits per heavy atom. The number of hydrogen-bond donors (Lipinski definition) is 5. The van der Waals surface area contributed by atoms with Gasteiger partial charge < -0.3 is 35.9 Å². The first-order valence-corrected chi connectivity index (χ1v) is 13.4. The van der Waals surface area contributed by atoms with Gasteiger partial charge in [-0.25, -0.2) is 14.8 Å². The van der Waals surface area contributed by atoms with Gasteiger partial charge in [0, 0.05) is 37.6 Å². The summed E-state index contributed by atoms with van der Waals surface area (Å²) in [5, 5.41) is 28.0. The van der Waals surface area contributed by atoms with Gasteiger partial charge in [-0.1, -0.05) is 32.9 Å². The summed E-state index contributed by atoms with van der Waals surface area (Å²) < 4.78 is 7.82. The Morgan fingerprint density at radius 2 is 1.87 bits per heavy atom. The molecular weight excluding hydrogens is 498 g/mol. The second-order valence-corrected chi connectivity index (χ2v) is 11.4. The molecule has 0 radical (unpaired) electrons. The van der Waals surface area contributed by atoms with E-state index in [2.05, 4.69) is 60.1 Å². The number of ether oxygens (including phenoxy) is 1. The Balaban J connectivity index is 1.27. The standard InChI is InChI=1S/C28H41N7O4/c1-17(2)34(13-6-12-30-27(38)33-19-9-7-18(8-10-19)28(3,4)5)15-21-22(36)23(37)26(39-21)35-14-11-20-24(29)31-16-32-25(20)35/h7-11,14,16-17,21-23,26,36-37H,6,12-13,15H2,1-5H3,(H2,29,31,32)(H2,30,33,38)/t21-,22?,23+,26-/m1/s1. The van der Waals surface area contributed by atoms with Crippen molar-refractivity contribution in [3.8, 4) is 0 Å². The number of nitrogens with one attached hydrogen (secondary N) is 2. The number of aromatic nitrogens is 3. The number of aliphatic hydroxyl groups is 2. The van der Waals surface area contributed by atoms with Crippen molar-refractivity contribution in [3.63, 3.8) is 0 Å². The van der Waals surface area contributed by atoms with E-state index < -0.39 is 24.5 Å². The van der Waals surface area contributed by atoms with Crippen LogP contribution in [-0.2, 0) is 10.2 Å². The summed E-state index contributed by atoms with van der Waals surface area (Å²) >= 11 is 0. The minimum absolute atomic E-state index is 0.0573. The summed E-state index contributed by atoms with van der Waals surface area (Å²) in [4.78, 5) is 22.8. The van der Waals surface area contributed by atoms with E-state index in [1.54, 1.807) is 16.8 Å². The van der Waals surface area contributed by atoms with Crippen molar-refractivity contribution in [2.24, 2.45) is 0 Å². The quantitative estimate of drug-likeness (QED) is 0.261. The normalized spacial score (nSPS) is 21.7. The van der Waals surface area contributed by atoms with E-state index in [0.717, 1.165) is 5.69 Å². The molecule has 1 saturated heterocycles. The molecule has 212 valence electrons. The molecule has 1 unspecified atom stereocenters. The average Bonchev–Trinajstić information content (AvgIpc) is 3.42. The minimum Gasteiger partial charge on any atom is -0.387 e. The molecule has 6 N–H and O–H groups in total. The molecule has 39 heavy (non-hydrogen) atoms. The van der Waals surface area contributed by atoms with Crippen LogP contribution in [-0.4, -0.2) is 79.7 Å². The minimum atomic E-state index is -1.13. The molecular formula is C28H41N7O4. The molecule has 11 nitrogen and oxygen atoms in total. The molecule has 1 aliphatic rings. The maximum Gasteiger partial charge on any atom is 0.319 e. The van der Waals surface area contributed by atoms with E-state index in [1.165, 1.54) is 11.9 Å². The number of carbonyl (C=O) groups is 1. The van der Waals surface area contributed by atoms with Crippen LogP contribution in [0.1, 0.15) is 52.8 Å². The van der Waals surface area contributed by atoms with Gasteiger partial charge in [-0.2, -0.15) is 0 Å². The lowest BCUT2D eigenvalue weighted by atomic mass is 9.87. The molecule has 11 heteroatoms. The maximum absolute atomic E-state index is 12.4. The maximum atomic E-state index is 12.4. The number of nitrogens with zero attached hydrogens (tertiary/aromatic N) is 4. The Bertz CT molecular complexity index is 1260. The van der Waals surface area contributed by atoms with Crippen molar-refractivity contribution in [1.29, 1.82) is 0 Å². The zero-order valence-electron chi connectivity index (χ0n) is 23.3. The fraction of sp³-hybridized carbons (Fsp3) is 0.536. The molecule has 0 aliphatic carbocycles. The number of fused-ring (bicyclic) bond motifs is 1. The van der Waals surface area contributed by atoms with Crippen molar-refractivity contribution in [1.82, 2.24) is 24.8 Å². The van der Waals surface area contributed by atoms with Crippen LogP contribution >= 0.6 is 0 Å². The molecule has 0 bridgehead atoms. The number of nitrogens with two attached hydrogens (primary N) is 1. The van der Waals surface area contributed by atoms with Gasteiger partial charge in [0.15, 0.2) is 6.23 Å². The number of benzene rings is 1. The summed E-state index contributed by atoms with van der Waals surface area (Å²) in [6, 6.07) is 9.57. The highest BCUT2D eigenvalue weighted by atomic mass is 16.6. The highest BCUT2D eigenvalue weighted by molar-refractivity contribution is 5.89. The molecule has 0 saturated carbocycles. The summed E-state index contributed by atoms with van der Waals surface area (Å²) in [7, 11) is 0. The van der Waals surface area contributed by atoms with Crippen LogP contribution in [0, 0.1) is 0 Å². The molecule has 1 aliphatic heterocycles. The molecule has 3 aromatic rings. The Hall–Kier alpha value is -3.25. The lowest BCUT2D eigenvalue weighted by molar-refractivity contribution is -0.0465. The van der Waals surface area contributed by atoms with Crippen molar-refractivity contribution in [2.45, 2.75) is 77.0 Å². The van der Waals surface area contributed by atoms with Crippen molar-refractivity contribution < 1.29 is 19.7 Å². The molecule has 4 atom stereocenters. The van der Waals surface area contributed by atoms with Crippen LogP contribution < -0.4 is 16.4 Å². The highest BCUT2D eigenvalue weighted by Gasteiger charge is 2.44. The first-order valence-electron chi connectivity index (χ1n) is 13.4. The molecule has 3 heterocycles. The van der Waals surface area contributed by atoms with Gasteiger partial charge in [-0.15, -0.1) is 0 Å². The smallest absolute Gasteiger partial charge is 0.319 e. The average molecular weight is 540 g/mol. The predicted molar refractivity (Wildman–Crippen MR) is 151 cm³/mol. The summed E-state index contributed by atoms with van der Waals surface area (Å²) in [5.41, 5.74) is 8.48. The zero-order valence-corrected chi connectivity index (χ0v) is 23.3. The molecule has 2 aromatic heterocycles. The van der Waals surface area contributed by atoms with Gasteiger partial charge in [-0.05, 0) is 49.4 Å². The van der Waals surface area contributed by atoms with E-state index in [9.17, 15) is 15.0 Å². The van der Waals surface area contributed by atoms with E-state index in [4.69, 9.17) is 10.5 Å².